The van der Waals surface area contributed by atoms with Crippen molar-refractivity contribution in [3.8, 4) is 0 Å². The lowest BCUT2D eigenvalue weighted by atomic mass is 9.75. The molecule has 0 aliphatic carbocycles. The number of aliphatic carboxylic acids is 1. The number of thiazole rings is 1. The van der Waals surface area contributed by atoms with Gasteiger partial charge in [0, 0.05) is 18.7 Å². The van der Waals surface area contributed by atoms with E-state index in [-0.39, 0.29) is 12.3 Å². The molecule has 9 heteroatoms. The second-order valence-electron chi connectivity index (χ2n) is 8.15. The molecule has 33 heavy (non-hydrogen) atoms. The summed E-state index contributed by atoms with van der Waals surface area (Å²) < 4.78 is 6.99. The van der Waals surface area contributed by atoms with Crippen molar-refractivity contribution in [2.24, 2.45) is 5.41 Å². The smallest absolute Gasteiger partial charge is 0.325 e. The molecule has 182 valence electrons. The van der Waals surface area contributed by atoms with Crippen LogP contribution < -0.4 is 0 Å². The summed E-state index contributed by atoms with van der Waals surface area (Å²) in [6.07, 6.45) is 4.03. The van der Waals surface area contributed by atoms with E-state index in [4.69, 9.17) is 4.18 Å². The predicted octanol–water partition coefficient (Wildman–Crippen LogP) is 6.17. The molecule has 0 fully saturated rings. The van der Waals surface area contributed by atoms with Crippen molar-refractivity contribution in [2.45, 2.75) is 77.0 Å². The van der Waals surface area contributed by atoms with Crippen LogP contribution in [0.2, 0.25) is 0 Å². The summed E-state index contributed by atoms with van der Waals surface area (Å²) >= 11 is 2.25. The van der Waals surface area contributed by atoms with Crippen LogP contribution in [0.15, 0.2) is 22.5 Å². The van der Waals surface area contributed by atoms with Gasteiger partial charge < -0.3 is 14.2 Å². The molecule has 0 bridgehead atoms. The van der Waals surface area contributed by atoms with Crippen LogP contribution in [0.25, 0.3) is 10.2 Å². The van der Waals surface area contributed by atoms with Crippen LogP contribution in [0.5, 0.6) is 0 Å². The lowest BCUT2D eigenvalue weighted by molar-refractivity contribution is -0.153. The predicted molar refractivity (Wildman–Crippen MR) is 133 cm³/mol. The zero-order valence-corrected chi connectivity index (χ0v) is 21.5. The van der Waals surface area contributed by atoms with E-state index >= 15 is 0 Å². The van der Waals surface area contributed by atoms with Crippen LogP contribution in [0.1, 0.15) is 83.0 Å². The maximum atomic E-state index is 13.1. The second-order valence-corrected chi connectivity index (χ2v) is 10.2. The van der Waals surface area contributed by atoms with E-state index in [1.54, 1.807) is 17.0 Å². The number of hydrogen-bond donors (Lipinski definition) is 1. The number of aromatic nitrogens is 1. The highest BCUT2D eigenvalue weighted by molar-refractivity contribution is 7.97. The van der Waals surface area contributed by atoms with E-state index in [0.29, 0.717) is 41.4 Å². The second kappa shape index (κ2) is 12.9. The van der Waals surface area contributed by atoms with Gasteiger partial charge in [0.15, 0.2) is 4.34 Å². The molecular formula is C24H34N2O5S2. The third-order valence-corrected chi connectivity index (χ3v) is 7.55. The molecular weight excluding hydrogens is 460 g/mol. The zero-order valence-electron chi connectivity index (χ0n) is 19.9. The van der Waals surface area contributed by atoms with Gasteiger partial charge in [-0.2, -0.15) is 0 Å². The molecule has 0 spiro atoms. The highest BCUT2D eigenvalue weighted by atomic mass is 32.2. The normalized spacial score (nSPS) is 11.5. The minimum Gasteiger partial charge on any atom is -0.481 e. The number of unbranched alkanes of at least 4 members (excludes halogenated alkanes) is 2. The highest BCUT2D eigenvalue weighted by Gasteiger charge is 2.41. The average Bonchev–Trinajstić information content (AvgIpc) is 3.21. The molecule has 0 saturated heterocycles. The molecule has 1 heterocycles. The molecule has 7 nitrogen and oxygen atoms in total. The Labute approximate surface area is 204 Å². The van der Waals surface area contributed by atoms with E-state index in [0.717, 1.165) is 42.4 Å². The van der Waals surface area contributed by atoms with Crippen LogP contribution in [0.4, 0.5) is 0 Å². The minimum absolute atomic E-state index is 0.0409. The lowest BCUT2D eigenvalue weighted by Gasteiger charge is -2.29. The fourth-order valence-corrected chi connectivity index (χ4v) is 5.47. The Hall–Kier alpha value is -2.13. The molecule has 0 unspecified atom stereocenters. The molecule has 0 aliphatic rings. The Bertz CT molecular complexity index is 947. The number of hydrogen-bond acceptors (Lipinski definition) is 7. The standard InChI is InChI=1S/C24H34N2O5S2/c1-5-9-13-24(14-10-6-2,16-20(27)28)22(30)31-33-23-25-18-15-17(11-12-19(18)32-23)21(29)26(7-3)8-4/h11-12,15H,5-10,13-14,16H2,1-4H3,(H,27,28). The van der Waals surface area contributed by atoms with Crippen LogP contribution >= 0.6 is 23.4 Å². The van der Waals surface area contributed by atoms with Crippen LogP contribution in [0, 0.1) is 5.41 Å². The number of carbonyl (C=O) groups is 3. The van der Waals surface area contributed by atoms with Crippen molar-refractivity contribution in [3.05, 3.63) is 23.8 Å². The molecule has 1 N–H and O–H groups in total. The summed E-state index contributed by atoms with van der Waals surface area (Å²) in [6, 6.07) is 5.40. The Kier molecular flexibility index (Phi) is 10.6. The van der Waals surface area contributed by atoms with E-state index in [1.165, 1.54) is 11.3 Å². The number of rotatable bonds is 14. The van der Waals surface area contributed by atoms with Gasteiger partial charge in [-0.15, -0.1) is 11.3 Å². The highest BCUT2D eigenvalue weighted by Crippen LogP contribution is 2.39. The van der Waals surface area contributed by atoms with Crippen molar-refractivity contribution < 1.29 is 23.7 Å². The molecule has 0 aliphatic heterocycles. The molecule has 2 rings (SSSR count). The number of carboxylic acids is 1. The monoisotopic (exact) mass is 494 g/mol. The number of amides is 1. The van der Waals surface area contributed by atoms with E-state index in [1.807, 2.05) is 33.8 Å². The quantitative estimate of drug-likeness (QED) is 0.314. The Balaban J connectivity index is 2.19. The molecule has 1 amide bonds. The van der Waals surface area contributed by atoms with Gasteiger partial charge in [-0.1, -0.05) is 39.5 Å². The molecule has 0 atom stereocenters. The maximum Gasteiger partial charge on any atom is 0.325 e. The third-order valence-electron chi connectivity index (χ3n) is 5.79. The molecule has 0 saturated carbocycles. The first kappa shape index (κ1) is 27.1. The molecule has 2 aromatic rings. The fourth-order valence-electron chi connectivity index (χ4n) is 3.83. The van der Waals surface area contributed by atoms with Crippen LogP contribution in [-0.4, -0.2) is 45.9 Å². The maximum absolute atomic E-state index is 13.1. The molecule has 1 aromatic heterocycles. The topological polar surface area (TPSA) is 96.8 Å². The van der Waals surface area contributed by atoms with Crippen LogP contribution in [0.3, 0.4) is 0 Å². The van der Waals surface area contributed by atoms with Gasteiger partial charge in [-0.25, -0.2) is 4.98 Å². The number of benzene rings is 1. The van der Waals surface area contributed by atoms with Gasteiger partial charge >= 0.3 is 11.9 Å². The van der Waals surface area contributed by atoms with Crippen molar-refractivity contribution in [1.82, 2.24) is 9.88 Å². The summed E-state index contributed by atoms with van der Waals surface area (Å²) in [6.45, 7) is 9.19. The van der Waals surface area contributed by atoms with Crippen molar-refractivity contribution in [3.63, 3.8) is 0 Å². The lowest BCUT2D eigenvalue weighted by Crippen LogP contribution is -2.34. The first-order chi connectivity index (χ1) is 15.8. The zero-order chi connectivity index (χ0) is 24.4. The number of carbonyl (C=O) groups excluding carboxylic acids is 2. The van der Waals surface area contributed by atoms with Crippen LogP contribution in [-0.2, 0) is 13.8 Å². The SMILES string of the molecule is CCCCC(CCCC)(CC(=O)O)C(=O)OSc1nc2cc(C(=O)N(CC)CC)ccc2s1. The van der Waals surface area contributed by atoms with Gasteiger partial charge in [0.1, 0.15) is 12.0 Å². The van der Waals surface area contributed by atoms with E-state index in [2.05, 4.69) is 4.98 Å². The Morgan fingerprint density at radius 2 is 1.73 bits per heavy atom. The summed E-state index contributed by atoms with van der Waals surface area (Å²) in [5, 5.41) is 9.47. The Morgan fingerprint density at radius 1 is 1.09 bits per heavy atom. The van der Waals surface area contributed by atoms with Gasteiger partial charge in [-0.3, -0.25) is 14.4 Å². The Morgan fingerprint density at radius 3 is 2.27 bits per heavy atom. The van der Waals surface area contributed by atoms with Gasteiger partial charge in [0.25, 0.3) is 5.91 Å². The van der Waals surface area contributed by atoms with Gasteiger partial charge in [0.2, 0.25) is 0 Å². The number of fused-ring (bicyclic) bond motifs is 1. The summed E-state index contributed by atoms with van der Waals surface area (Å²) in [5.74, 6) is -1.52. The largest absolute Gasteiger partial charge is 0.481 e. The van der Waals surface area contributed by atoms with Crippen molar-refractivity contribution in [2.75, 3.05) is 13.1 Å². The summed E-state index contributed by atoms with van der Waals surface area (Å²) in [4.78, 5) is 43.6. The fraction of sp³-hybridized carbons (Fsp3) is 0.583. The minimum atomic E-state index is -1.02. The number of nitrogens with zero attached hydrogens (tertiary/aromatic N) is 2. The van der Waals surface area contributed by atoms with Crippen molar-refractivity contribution in [1.29, 1.82) is 0 Å². The van der Waals surface area contributed by atoms with Crippen molar-refractivity contribution >= 4 is 51.4 Å². The molecule has 0 radical (unpaired) electrons. The summed E-state index contributed by atoms with van der Waals surface area (Å²) in [7, 11) is 0. The van der Waals surface area contributed by atoms with E-state index in [9.17, 15) is 19.5 Å². The third kappa shape index (κ3) is 7.17. The van der Waals surface area contributed by atoms with Gasteiger partial charge in [-0.05, 0) is 44.9 Å². The number of carboxylic acid groups (broad SMARTS) is 1. The first-order valence-electron chi connectivity index (χ1n) is 11.6. The summed E-state index contributed by atoms with van der Waals surface area (Å²) in [5.41, 5.74) is 0.222. The van der Waals surface area contributed by atoms with E-state index < -0.39 is 17.4 Å². The van der Waals surface area contributed by atoms with Gasteiger partial charge in [0.05, 0.1) is 22.1 Å². The molecule has 1 aromatic carbocycles. The average molecular weight is 495 g/mol. The first-order valence-corrected chi connectivity index (χ1v) is 13.2.